The molecular weight excluding hydrogens is 637 g/mol. The Labute approximate surface area is 303 Å². The molecule has 0 amide bonds. The van der Waals surface area contributed by atoms with E-state index in [2.05, 4.69) is 13.8 Å². The molecule has 8 nitrogen and oxygen atoms in total. The SMILES string of the molecule is CCCCCCCCCCCCCCCCCC/C=C/OC[C@@H](COP(=O)(O)OCC[N+](C)(C)C)OC(=O)CCCCCCCCCCC. The van der Waals surface area contributed by atoms with Crippen molar-refractivity contribution in [1.29, 1.82) is 0 Å². The van der Waals surface area contributed by atoms with Crippen LogP contribution in [-0.2, 0) is 27.9 Å². The lowest BCUT2D eigenvalue weighted by Crippen LogP contribution is -2.37. The average molecular weight is 719 g/mol. The average Bonchev–Trinajstić information content (AvgIpc) is 3.04. The summed E-state index contributed by atoms with van der Waals surface area (Å²) in [5.41, 5.74) is 0. The lowest BCUT2D eigenvalue weighted by Gasteiger charge is -2.24. The van der Waals surface area contributed by atoms with Gasteiger partial charge >= 0.3 is 13.8 Å². The summed E-state index contributed by atoms with van der Waals surface area (Å²) in [5, 5.41) is 0. The lowest BCUT2D eigenvalue weighted by molar-refractivity contribution is -0.870. The number of hydrogen-bond donors (Lipinski definition) is 1. The van der Waals surface area contributed by atoms with E-state index in [0.29, 0.717) is 17.4 Å². The lowest BCUT2D eigenvalue weighted by atomic mass is 10.0. The van der Waals surface area contributed by atoms with Crippen molar-refractivity contribution in [1.82, 2.24) is 0 Å². The first kappa shape index (κ1) is 48.1. The topological polar surface area (TPSA) is 91.3 Å². The van der Waals surface area contributed by atoms with Crippen LogP contribution < -0.4 is 0 Å². The van der Waals surface area contributed by atoms with Crippen LogP contribution in [0.5, 0.6) is 0 Å². The Bertz CT molecular complexity index is 802. The van der Waals surface area contributed by atoms with E-state index in [1.54, 1.807) is 6.26 Å². The van der Waals surface area contributed by atoms with Crippen LogP contribution in [0.25, 0.3) is 0 Å². The van der Waals surface area contributed by atoms with Gasteiger partial charge in [-0.25, -0.2) is 4.57 Å². The third-order valence-electron chi connectivity index (χ3n) is 8.92. The van der Waals surface area contributed by atoms with Gasteiger partial charge in [0.05, 0.1) is 34.0 Å². The largest absolute Gasteiger partial charge is 0.498 e. The van der Waals surface area contributed by atoms with Gasteiger partial charge in [0.1, 0.15) is 19.8 Å². The number of phosphoric acid groups is 1. The summed E-state index contributed by atoms with van der Waals surface area (Å²) in [6, 6.07) is 0. The van der Waals surface area contributed by atoms with Crippen molar-refractivity contribution >= 4 is 13.8 Å². The van der Waals surface area contributed by atoms with Crippen LogP contribution in [0.2, 0.25) is 0 Å². The third-order valence-corrected chi connectivity index (χ3v) is 9.91. The first-order valence-corrected chi connectivity index (χ1v) is 22.0. The number of hydrogen-bond acceptors (Lipinski definition) is 6. The number of likely N-dealkylation sites (N-methyl/N-ethyl adjacent to an activating group) is 1. The van der Waals surface area contributed by atoms with Crippen LogP contribution in [0.15, 0.2) is 12.3 Å². The zero-order chi connectivity index (χ0) is 36.3. The number of nitrogens with zero attached hydrogens (tertiary/aromatic N) is 1. The Morgan fingerprint density at radius 3 is 1.51 bits per heavy atom. The quantitative estimate of drug-likeness (QED) is 0.0223. The zero-order valence-corrected chi connectivity index (χ0v) is 33.8. The Morgan fingerprint density at radius 1 is 0.633 bits per heavy atom. The number of esters is 1. The summed E-state index contributed by atoms with van der Waals surface area (Å²) >= 11 is 0. The fourth-order valence-electron chi connectivity index (χ4n) is 5.69. The molecule has 0 rings (SSSR count). The predicted molar refractivity (Wildman–Crippen MR) is 206 cm³/mol. The number of unbranched alkanes of at least 4 members (excludes halogenated alkanes) is 24. The number of quaternary nitrogens is 1. The standard InChI is InChI=1S/C40H80NO7P/c1-6-8-10-12-14-16-17-18-19-20-21-22-23-24-26-28-30-32-35-45-37-39(38-47-49(43,44)46-36-34-41(3,4)5)48-40(42)33-31-29-27-25-15-13-11-9-7-2/h32,35,39H,6-31,33-34,36-38H2,1-5H3/p+1/b35-32+/t39-/m0/s1. The fourth-order valence-corrected chi connectivity index (χ4v) is 6.44. The fraction of sp³-hybridized carbons (Fsp3) is 0.925. The normalized spacial score (nSPS) is 13.9. The molecule has 0 aliphatic heterocycles. The highest BCUT2D eigenvalue weighted by Crippen LogP contribution is 2.43. The minimum Gasteiger partial charge on any atom is -0.498 e. The van der Waals surface area contributed by atoms with Gasteiger partial charge in [0.2, 0.25) is 0 Å². The predicted octanol–water partition coefficient (Wildman–Crippen LogP) is 11.8. The maximum absolute atomic E-state index is 12.6. The highest BCUT2D eigenvalue weighted by molar-refractivity contribution is 7.47. The third kappa shape index (κ3) is 38.1. The van der Waals surface area contributed by atoms with Crippen LogP contribution in [0.3, 0.4) is 0 Å². The van der Waals surface area contributed by atoms with E-state index in [0.717, 1.165) is 32.1 Å². The van der Waals surface area contributed by atoms with Crippen LogP contribution in [0, 0.1) is 0 Å². The van der Waals surface area contributed by atoms with Gasteiger partial charge in [-0.2, -0.15) is 0 Å². The molecule has 0 aromatic heterocycles. The molecule has 1 N–H and O–H groups in total. The van der Waals surface area contributed by atoms with Gasteiger partial charge in [-0.1, -0.05) is 162 Å². The summed E-state index contributed by atoms with van der Waals surface area (Å²) < 4.78 is 34.6. The molecular formula is C40H81NO7P+. The van der Waals surface area contributed by atoms with E-state index >= 15 is 0 Å². The Balaban J connectivity index is 4.21. The molecule has 1 unspecified atom stereocenters. The molecule has 9 heteroatoms. The summed E-state index contributed by atoms with van der Waals surface area (Å²) in [4.78, 5) is 22.7. The van der Waals surface area contributed by atoms with Gasteiger partial charge in [0, 0.05) is 6.42 Å². The monoisotopic (exact) mass is 719 g/mol. The highest BCUT2D eigenvalue weighted by atomic mass is 31.2. The molecule has 2 atom stereocenters. The molecule has 0 aliphatic carbocycles. The van der Waals surface area contributed by atoms with E-state index in [4.69, 9.17) is 18.5 Å². The second-order valence-corrected chi connectivity index (χ2v) is 16.6. The van der Waals surface area contributed by atoms with Gasteiger partial charge in [0.15, 0.2) is 6.10 Å². The van der Waals surface area contributed by atoms with E-state index in [1.807, 2.05) is 27.2 Å². The van der Waals surface area contributed by atoms with Gasteiger partial charge in [-0.05, 0) is 25.3 Å². The zero-order valence-electron chi connectivity index (χ0n) is 32.9. The minimum atomic E-state index is -4.28. The van der Waals surface area contributed by atoms with Gasteiger partial charge in [0.25, 0.3) is 0 Å². The summed E-state index contributed by atoms with van der Waals surface area (Å²) in [5.74, 6) is -0.337. The number of ether oxygens (including phenoxy) is 2. The van der Waals surface area contributed by atoms with Crippen LogP contribution in [0.4, 0.5) is 0 Å². The number of phosphoric ester groups is 1. The Kier molecular flexibility index (Phi) is 33.5. The molecule has 0 spiro atoms. The van der Waals surface area contributed by atoms with E-state index < -0.39 is 13.9 Å². The molecule has 0 radical (unpaired) electrons. The van der Waals surface area contributed by atoms with E-state index in [1.165, 1.54) is 135 Å². The number of allylic oxidation sites excluding steroid dienone is 1. The van der Waals surface area contributed by atoms with E-state index in [-0.39, 0.29) is 25.8 Å². The first-order chi connectivity index (χ1) is 23.6. The second kappa shape index (κ2) is 34.2. The number of carbonyl (C=O) groups excluding carboxylic acids is 1. The molecule has 0 bridgehead atoms. The van der Waals surface area contributed by atoms with Gasteiger partial charge < -0.3 is 18.9 Å². The maximum atomic E-state index is 12.6. The van der Waals surface area contributed by atoms with Gasteiger partial charge in [-0.3, -0.25) is 13.8 Å². The molecule has 0 fully saturated rings. The van der Waals surface area contributed by atoms with Crippen molar-refractivity contribution in [3.63, 3.8) is 0 Å². The summed E-state index contributed by atoms with van der Waals surface area (Å²) in [6.07, 6.45) is 36.3. The first-order valence-electron chi connectivity index (χ1n) is 20.5. The van der Waals surface area contributed by atoms with Crippen molar-refractivity contribution in [2.75, 3.05) is 47.5 Å². The molecule has 0 aliphatic rings. The summed E-state index contributed by atoms with van der Waals surface area (Å²) in [6.45, 7) is 4.93. The Morgan fingerprint density at radius 2 is 1.06 bits per heavy atom. The smallest absolute Gasteiger partial charge is 0.472 e. The molecule has 0 aromatic rings. The van der Waals surface area contributed by atoms with Crippen molar-refractivity contribution in [2.24, 2.45) is 0 Å². The van der Waals surface area contributed by atoms with Crippen molar-refractivity contribution in [3.05, 3.63) is 12.3 Å². The van der Waals surface area contributed by atoms with Crippen molar-refractivity contribution in [3.8, 4) is 0 Å². The molecule has 0 saturated heterocycles. The number of rotatable bonds is 38. The maximum Gasteiger partial charge on any atom is 0.472 e. The molecule has 0 saturated carbocycles. The van der Waals surface area contributed by atoms with Crippen molar-refractivity contribution in [2.45, 2.75) is 193 Å². The van der Waals surface area contributed by atoms with Crippen molar-refractivity contribution < 1.29 is 37.3 Å². The molecule has 292 valence electrons. The molecule has 0 heterocycles. The van der Waals surface area contributed by atoms with Crippen LogP contribution >= 0.6 is 7.82 Å². The summed E-state index contributed by atoms with van der Waals surface area (Å²) in [7, 11) is 1.64. The molecule has 0 aromatic carbocycles. The van der Waals surface area contributed by atoms with Crippen LogP contribution in [0.1, 0.15) is 187 Å². The minimum absolute atomic E-state index is 0.0534. The second-order valence-electron chi connectivity index (χ2n) is 15.1. The van der Waals surface area contributed by atoms with E-state index in [9.17, 15) is 14.3 Å². The Hall–Kier alpha value is -0.920. The van der Waals surface area contributed by atoms with Crippen LogP contribution in [-0.4, -0.2) is 69.0 Å². The highest BCUT2D eigenvalue weighted by Gasteiger charge is 2.26. The van der Waals surface area contributed by atoms with Gasteiger partial charge in [-0.15, -0.1) is 0 Å². The number of carbonyl (C=O) groups is 1. The molecule has 49 heavy (non-hydrogen) atoms.